The third-order valence-electron chi connectivity index (χ3n) is 3.98. The number of nitro benzene ring substituents is 1. The molecule has 0 bridgehead atoms. The zero-order valence-electron chi connectivity index (χ0n) is 17.3. The van der Waals surface area contributed by atoms with Gasteiger partial charge < -0.3 is 25.8 Å². The van der Waals surface area contributed by atoms with Crippen molar-refractivity contribution in [2.24, 2.45) is 5.73 Å². The molecule has 1 saturated heterocycles. The molecule has 0 saturated carbocycles. The summed E-state index contributed by atoms with van der Waals surface area (Å²) in [6.07, 6.45) is 1.44. The molecule has 0 aromatic heterocycles. The minimum absolute atomic E-state index is 0.0282. The van der Waals surface area contributed by atoms with Crippen LogP contribution < -0.4 is 16.0 Å². The monoisotopic (exact) mass is 421 g/mol. The molecule has 11 nitrogen and oxygen atoms in total. The largest absolute Gasteiger partial charge is 0.444 e. The number of amides is 2. The van der Waals surface area contributed by atoms with Gasteiger partial charge in [-0.1, -0.05) is 0 Å². The second-order valence-corrected chi connectivity index (χ2v) is 7.55. The standard InChI is InChI=1S/C11H11N3O2.C8H16N2O4/c12-8-9-7-10(14(15)16)3-4-11(9)13-5-1-2-6-13;1-8(2,3)14-7(13)10-5(4-11)6(9)12/h3-4,7H,1-2,5-6H2;5,11H,4H2,1-3H3,(H2,9,12)(H,10,13). The Balaban J connectivity index is 0.000000304. The van der Waals surface area contributed by atoms with Crippen LogP contribution in [0.4, 0.5) is 16.2 Å². The number of aliphatic hydroxyl groups excluding tert-OH is 1. The lowest BCUT2D eigenvalue weighted by Crippen LogP contribution is -2.48. The summed E-state index contributed by atoms with van der Waals surface area (Å²) in [6.45, 7) is 6.36. The predicted molar refractivity (Wildman–Crippen MR) is 109 cm³/mol. The van der Waals surface area contributed by atoms with Crippen molar-refractivity contribution in [1.29, 1.82) is 5.26 Å². The number of non-ortho nitro benzene ring substituents is 1. The van der Waals surface area contributed by atoms with Crippen LogP contribution in [-0.2, 0) is 9.53 Å². The summed E-state index contributed by atoms with van der Waals surface area (Å²) in [7, 11) is 0. The first-order chi connectivity index (χ1) is 14.0. The van der Waals surface area contributed by atoms with Gasteiger partial charge in [-0.15, -0.1) is 0 Å². The summed E-state index contributed by atoms with van der Waals surface area (Å²) in [5.41, 5.74) is 5.41. The number of nitriles is 1. The van der Waals surface area contributed by atoms with E-state index in [-0.39, 0.29) is 5.69 Å². The minimum Gasteiger partial charge on any atom is -0.444 e. The highest BCUT2D eigenvalue weighted by Gasteiger charge is 2.22. The van der Waals surface area contributed by atoms with Gasteiger partial charge in [0.1, 0.15) is 17.7 Å². The van der Waals surface area contributed by atoms with E-state index in [0.717, 1.165) is 31.6 Å². The van der Waals surface area contributed by atoms with Gasteiger partial charge in [0, 0.05) is 25.2 Å². The first-order valence-corrected chi connectivity index (χ1v) is 9.31. The highest BCUT2D eigenvalue weighted by molar-refractivity contribution is 5.84. The Morgan fingerprint density at radius 1 is 1.40 bits per heavy atom. The Kier molecular flexibility index (Phi) is 9.01. The molecule has 0 spiro atoms. The molecular weight excluding hydrogens is 394 g/mol. The van der Waals surface area contributed by atoms with Crippen molar-refractivity contribution in [2.45, 2.75) is 45.3 Å². The van der Waals surface area contributed by atoms with E-state index in [1.54, 1.807) is 26.8 Å². The van der Waals surface area contributed by atoms with Crippen molar-refractivity contribution in [3.05, 3.63) is 33.9 Å². The number of carbonyl (C=O) groups excluding carboxylic acids is 2. The molecular formula is C19H27N5O6. The van der Waals surface area contributed by atoms with E-state index in [1.165, 1.54) is 12.1 Å². The summed E-state index contributed by atoms with van der Waals surface area (Å²) in [5, 5.41) is 30.4. The molecule has 1 unspecified atom stereocenters. The molecule has 2 rings (SSSR count). The third-order valence-corrected chi connectivity index (χ3v) is 3.98. The number of nitro groups is 1. The molecule has 2 amide bonds. The van der Waals surface area contributed by atoms with E-state index in [1.807, 2.05) is 6.07 Å². The maximum absolute atomic E-state index is 11.1. The molecule has 0 radical (unpaired) electrons. The topological polar surface area (TPSA) is 172 Å². The van der Waals surface area contributed by atoms with E-state index in [4.69, 9.17) is 20.8 Å². The smallest absolute Gasteiger partial charge is 0.408 e. The van der Waals surface area contributed by atoms with Gasteiger partial charge in [0.25, 0.3) is 5.69 Å². The van der Waals surface area contributed by atoms with Gasteiger partial charge in [-0.25, -0.2) is 4.79 Å². The van der Waals surface area contributed by atoms with Gasteiger partial charge in [0.2, 0.25) is 5.91 Å². The van der Waals surface area contributed by atoms with Crippen molar-refractivity contribution >= 4 is 23.4 Å². The molecule has 1 aromatic rings. The third kappa shape index (κ3) is 7.92. The van der Waals surface area contributed by atoms with Gasteiger partial charge in [0.15, 0.2) is 0 Å². The summed E-state index contributed by atoms with van der Waals surface area (Å²) in [4.78, 5) is 33.9. The minimum atomic E-state index is -1.11. The van der Waals surface area contributed by atoms with E-state index in [9.17, 15) is 19.7 Å². The Morgan fingerprint density at radius 3 is 2.43 bits per heavy atom. The summed E-state index contributed by atoms with van der Waals surface area (Å²) < 4.78 is 4.85. The molecule has 164 valence electrons. The number of nitrogens with two attached hydrogens (primary N) is 1. The van der Waals surface area contributed by atoms with E-state index < -0.39 is 35.2 Å². The van der Waals surface area contributed by atoms with Crippen LogP contribution >= 0.6 is 0 Å². The summed E-state index contributed by atoms with van der Waals surface area (Å²) in [5.74, 6) is -0.807. The summed E-state index contributed by atoms with van der Waals surface area (Å²) >= 11 is 0. The highest BCUT2D eigenvalue weighted by Crippen LogP contribution is 2.27. The van der Waals surface area contributed by atoms with Crippen molar-refractivity contribution < 1.29 is 24.4 Å². The number of nitrogens with one attached hydrogen (secondary N) is 1. The first-order valence-electron chi connectivity index (χ1n) is 9.31. The lowest BCUT2D eigenvalue weighted by Gasteiger charge is -2.21. The predicted octanol–water partition coefficient (Wildman–Crippen LogP) is 1.42. The average molecular weight is 421 g/mol. The lowest BCUT2D eigenvalue weighted by atomic mass is 10.1. The normalized spacial score (nSPS) is 14.0. The number of alkyl carbamates (subject to hydrolysis) is 1. The Bertz CT molecular complexity index is 809. The number of anilines is 1. The Morgan fingerprint density at radius 2 is 2.00 bits per heavy atom. The highest BCUT2D eigenvalue weighted by atomic mass is 16.6. The van der Waals surface area contributed by atoms with Gasteiger partial charge in [0.05, 0.1) is 22.8 Å². The quantitative estimate of drug-likeness (QED) is 0.473. The number of aliphatic hydroxyl groups is 1. The molecule has 1 heterocycles. The zero-order chi connectivity index (χ0) is 22.9. The average Bonchev–Trinajstić information content (AvgIpc) is 3.18. The molecule has 1 aliphatic heterocycles. The Labute approximate surface area is 174 Å². The fourth-order valence-electron chi connectivity index (χ4n) is 2.62. The number of nitrogens with zero attached hydrogens (tertiary/aromatic N) is 3. The van der Waals surface area contributed by atoms with Crippen molar-refractivity contribution in [3.63, 3.8) is 0 Å². The van der Waals surface area contributed by atoms with Crippen LogP contribution in [0.2, 0.25) is 0 Å². The van der Waals surface area contributed by atoms with Crippen LogP contribution in [0.3, 0.4) is 0 Å². The Hall–Kier alpha value is -3.39. The molecule has 1 atom stereocenters. The maximum atomic E-state index is 11.1. The van der Waals surface area contributed by atoms with Gasteiger partial charge in [-0.2, -0.15) is 5.26 Å². The van der Waals surface area contributed by atoms with Crippen LogP contribution in [0.1, 0.15) is 39.2 Å². The van der Waals surface area contributed by atoms with E-state index >= 15 is 0 Å². The van der Waals surface area contributed by atoms with Crippen LogP contribution in [-0.4, -0.2) is 53.4 Å². The van der Waals surface area contributed by atoms with Gasteiger partial charge >= 0.3 is 6.09 Å². The molecule has 0 aliphatic carbocycles. The number of ether oxygens (including phenoxy) is 1. The van der Waals surface area contributed by atoms with E-state index in [2.05, 4.69) is 10.2 Å². The number of carbonyl (C=O) groups is 2. The fraction of sp³-hybridized carbons (Fsp3) is 0.526. The fourth-order valence-corrected chi connectivity index (χ4v) is 2.62. The van der Waals surface area contributed by atoms with Crippen LogP contribution in [0.15, 0.2) is 18.2 Å². The lowest BCUT2D eigenvalue weighted by molar-refractivity contribution is -0.384. The molecule has 30 heavy (non-hydrogen) atoms. The second kappa shape index (κ2) is 11.0. The SMILES string of the molecule is CC(C)(C)OC(=O)NC(CO)C(N)=O.N#Cc1cc([N+](=O)[O-])ccc1N1CCCC1. The molecule has 1 fully saturated rings. The number of hydrogen-bond acceptors (Lipinski definition) is 8. The van der Waals surface area contributed by atoms with Crippen molar-refractivity contribution in [1.82, 2.24) is 5.32 Å². The summed E-state index contributed by atoms with van der Waals surface area (Å²) in [6, 6.07) is 5.38. The van der Waals surface area contributed by atoms with Gasteiger partial charge in [-0.3, -0.25) is 14.9 Å². The van der Waals surface area contributed by atoms with E-state index in [0.29, 0.717) is 5.56 Å². The van der Waals surface area contributed by atoms with Crippen LogP contribution in [0.25, 0.3) is 0 Å². The molecule has 4 N–H and O–H groups in total. The number of hydrogen-bond donors (Lipinski definition) is 3. The van der Waals surface area contributed by atoms with Crippen LogP contribution in [0.5, 0.6) is 0 Å². The molecule has 1 aliphatic rings. The number of benzene rings is 1. The molecule has 11 heteroatoms. The maximum Gasteiger partial charge on any atom is 0.408 e. The second-order valence-electron chi connectivity index (χ2n) is 7.55. The zero-order valence-corrected chi connectivity index (χ0v) is 17.3. The van der Waals surface area contributed by atoms with Gasteiger partial charge in [-0.05, 0) is 39.7 Å². The van der Waals surface area contributed by atoms with Crippen LogP contribution in [0, 0.1) is 21.4 Å². The van der Waals surface area contributed by atoms with Crippen molar-refractivity contribution in [3.8, 4) is 6.07 Å². The number of primary amides is 1. The number of rotatable bonds is 5. The molecule has 1 aromatic carbocycles. The first kappa shape index (κ1) is 24.6. The van der Waals surface area contributed by atoms with Crippen molar-refractivity contribution in [2.75, 3.05) is 24.6 Å².